The van der Waals surface area contributed by atoms with Gasteiger partial charge in [0, 0.05) is 4.47 Å². The number of halogens is 2. The van der Waals surface area contributed by atoms with Crippen LogP contribution in [-0.4, -0.2) is 12.5 Å². The molecule has 3 nitrogen and oxygen atoms in total. The molecule has 23 heavy (non-hydrogen) atoms. The van der Waals surface area contributed by atoms with E-state index in [0.29, 0.717) is 10.8 Å². The zero-order valence-corrected chi connectivity index (χ0v) is 15.4. The van der Waals surface area contributed by atoms with Crippen LogP contribution < -0.4 is 10.1 Å². The summed E-state index contributed by atoms with van der Waals surface area (Å²) in [4.78, 5) is 12.0. The number of amides is 1. The molecule has 1 atom stereocenters. The predicted octanol–water partition coefficient (Wildman–Crippen LogP) is 4.92. The predicted molar refractivity (Wildman–Crippen MR) is 97.0 cm³/mol. The molecular weight excluding hydrogens is 378 g/mol. The summed E-state index contributed by atoms with van der Waals surface area (Å²) in [6, 6.07) is 13.4. The van der Waals surface area contributed by atoms with Crippen LogP contribution in [0, 0.1) is 0 Å². The molecule has 0 fully saturated rings. The largest absolute Gasteiger partial charge is 0.482 e. The zero-order chi connectivity index (χ0) is 16.8. The molecule has 1 amide bonds. The number of rotatable bonds is 6. The van der Waals surface area contributed by atoms with Gasteiger partial charge in [0.1, 0.15) is 5.75 Å². The van der Waals surface area contributed by atoms with E-state index in [-0.39, 0.29) is 18.6 Å². The molecule has 0 bridgehead atoms. The van der Waals surface area contributed by atoms with Gasteiger partial charge in [0.25, 0.3) is 5.91 Å². The number of carbonyl (C=O) groups excluding carboxylic acids is 1. The number of aryl methyl sites for hydroxylation is 1. The first kappa shape index (κ1) is 17.8. The molecule has 2 aromatic rings. The maximum Gasteiger partial charge on any atom is 0.258 e. The van der Waals surface area contributed by atoms with Gasteiger partial charge in [-0.3, -0.25) is 4.79 Å². The standard InChI is InChI=1S/C18H19BrClNO2/c1-3-13-4-6-14(7-5-13)12(2)21-18(22)11-23-17-9-8-15(19)10-16(17)20/h4-10,12H,3,11H2,1-2H3,(H,21,22)/t12-/m0/s1. The molecule has 0 unspecified atom stereocenters. The van der Waals surface area contributed by atoms with E-state index in [1.165, 1.54) is 5.56 Å². The van der Waals surface area contributed by atoms with Gasteiger partial charge in [-0.25, -0.2) is 0 Å². The lowest BCUT2D eigenvalue weighted by molar-refractivity contribution is -0.123. The molecule has 5 heteroatoms. The fraction of sp³-hybridized carbons (Fsp3) is 0.278. The van der Waals surface area contributed by atoms with Crippen LogP contribution in [0.3, 0.4) is 0 Å². The third-order valence-electron chi connectivity index (χ3n) is 3.52. The van der Waals surface area contributed by atoms with Gasteiger partial charge in [-0.1, -0.05) is 58.7 Å². The van der Waals surface area contributed by atoms with Gasteiger partial charge in [0.15, 0.2) is 6.61 Å². The summed E-state index contributed by atoms with van der Waals surface area (Å²) in [6.45, 7) is 4.00. The molecule has 122 valence electrons. The van der Waals surface area contributed by atoms with Crippen LogP contribution in [0.2, 0.25) is 5.02 Å². The molecular formula is C18H19BrClNO2. The topological polar surface area (TPSA) is 38.3 Å². The van der Waals surface area contributed by atoms with Crippen molar-refractivity contribution < 1.29 is 9.53 Å². The third kappa shape index (κ3) is 5.26. The van der Waals surface area contributed by atoms with Crippen molar-refractivity contribution in [3.63, 3.8) is 0 Å². The lowest BCUT2D eigenvalue weighted by Crippen LogP contribution is -2.31. The fourth-order valence-corrected chi connectivity index (χ4v) is 2.87. The minimum Gasteiger partial charge on any atom is -0.482 e. The molecule has 0 saturated heterocycles. The first-order valence-corrected chi connectivity index (χ1v) is 8.62. The second-order valence-electron chi connectivity index (χ2n) is 5.25. The molecule has 0 aliphatic carbocycles. The second-order valence-corrected chi connectivity index (χ2v) is 6.57. The van der Waals surface area contributed by atoms with Crippen molar-refractivity contribution in [1.29, 1.82) is 0 Å². The van der Waals surface area contributed by atoms with Crippen LogP contribution in [0.15, 0.2) is 46.9 Å². The second kappa shape index (κ2) is 8.37. The van der Waals surface area contributed by atoms with Crippen molar-refractivity contribution in [3.05, 3.63) is 63.1 Å². The van der Waals surface area contributed by atoms with Crippen LogP contribution in [0.4, 0.5) is 0 Å². The van der Waals surface area contributed by atoms with E-state index in [2.05, 4.69) is 40.3 Å². The van der Waals surface area contributed by atoms with Gasteiger partial charge in [0.05, 0.1) is 11.1 Å². The van der Waals surface area contributed by atoms with Crippen molar-refractivity contribution >= 4 is 33.4 Å². The van der Waals surface area contributed by atoms with Crippen LogP contribution in [-0.2, 0) is 11.2 Å². The lowest BCUT2D eigenvalue weighted by atomic mass is 10.1. The zero-order valence-electron chi connectivity index (χ0n) is 13.1. The SMILES string of the molecule is CCc1ccc([C@H](C)NC(=O)COc2ccc(Br)cc2Cl)cc1. The highest BCUT2D eigenvalue weighted by molar-refractivity contribution is 9.10. The van der Waals surface area contributed by atoms with Crippen molar-refractivity contribution in [2.75, 3.05) is 6.61 Å². The smallest absolute Gasteiger partial charge is 0.258 e. The van der Waals surface area contributed by atoms with Gasteiger partial charge in [-0.05, 0) is 42.7 Å². The van der Waals surface area contributed by atoms with Crippen molar-refractivity contribution in [3.8, 4) is 5.75 Å². The summed E-state index contributed by atoms with van der Waals surface area (Å²) >= 11 is 9.38. The van der Waals surface area contributed by atoms with Crippen molar-refractivity contribution in [2.24, 2.45) is 0 Å². The average molecular weight is 397 g/mol. The Kier molecular flexibility index (Phi) is 6.48. The minimum absolute atomic E-state index is 0.0707. The first-order chi connectivity index (χ1) is 11.0. The Morgan fingerprint density at radius 1 is 1.26 bits per heavy atom. The summed E-state index contributed by atoms with van der Waals surface area (Å²) in [5.74, 6) is 0.307. The maximum atomic E-state index is 12.0. The van der Waals surface area contributed by atoms with Crippen LogP contribution in [0.1, 0.15) is 31.0 Å². The summed E-state index contributed by atoms with van der Waals surface area (Å²) in [7, 11) is 0. The summed E-state index contributed by atoms with van der Waals surface area (Å²) in [5, 5.41) is 3.39. The van der Waals surface area contributed by atoms with E-state index in [4.69, 9.17) is 16.3 Å². The van der Waals surface area contributed by atoms with Crippen LogP contribution >= 0.6 is 27.5 Å². The minimum atomic E-state index is -0.184. The highest BCUT2D eigenvalue weighted by Gasteiger charge is 2.11. The highest BCUT2D eigenvalue weighted by atomic mass is 79.9. The molecule has 0 aliphatic rings. The number of nitrogens with one attached hydrogen (secondary N) is 1. The molecule has 0 aromatic heterocycles. The molecule has 1 N–H and O–H groups in total. The normalized spacial score (nSPS) is 11.8. The van der Waals surface area contributed by atoms with Gasteiger partial charge < -0.3 is 10.1 Å². The van der Waals surface area contributed by atoms with E-state index in [1.807, 2.05) is 25.1 Å². The Morgan fingerprint density at radius 3 is 2.57 bits per heavy atom. The molecule has 0 spiro atoms. The van der Waals surface area contributed by atoms with E-state index in [9.17, 15) is 4.79 Å². The van der Waals surface area contributed by atoms with E-state index in [1.54, 1.807) is 12.1 Å². The van der Waals surface area contributed by atoms with E-state index in [0.717, 1.165) is 16.5 Å². The third-order valence-corrected chi connectivity index (χ3v) is 4.31. The number of carbonyl (C=O) groups is 1. The molecule has 2 rings (SSSR count). The maximum absolute atomic E-state index is 12.0. The fourth-order valence-electron chi connectivity index (χ4n) is 2.14. The molecule has 0 heterocycles. The lowest BCUT2D eigenvalue weighted by Gasteiger charge is -2.15. The van der Waals surface area contributed by atoms with Crippen LogP contribution in [0.25, 0.3) is 0 Å². The molecule has 0 aliphatic heterocycles. The van der Waals surface area contributed by atoms with Crippen LogP contribution in [0.5, 0.6) is 5.75 Å². The van der Waals surface area contributed by atoms with Crippen molar-refractivity contribution in [1.82, 2.24) is 5.32 Å². The quantitative estimate of drug-likeness (QED) is 0.752. The summed E-state index contributed by atoms with van der Waals surface area (Å²) in [5.41, 5.74) is 2.35. The van der Waals surface area contributed by atoms with Crippen molar-refractivity contribution in [2.45, 2.75) is 26.3 Å². The number of hydrogen-bond donors (Lipinski definition) is 1. The van der Waals surface area contributed by atoms with Gasteiger partial charge in [-0.2, -0.15) is 0 Å². The monoisotopic (exact) mass is 395 g/mol. The van der Waals surface area contributed by atoms with E-state index >= 15 is 0 Å². The Morgan fingerprint density at radius 2 is 1.96 bits per heavy atom. The van der Waals surface area contributed by atoms with Gasteiger partial charge in [-0.15, -0.1) is 0 Å². The Bertz CT molecular complexity index is 673. The van der Waals surface area contributed by atoms with Gasteiger partial charge >= 0.3 is 0 Å². The Labute approximate surface area is 150 Å². The highest BCUT2D eigenvalue weighted by Crippen LogP contribution is 2.27. The summed E-state index contributed by atoms with van der Waals surface area (Å²) in [6.07, 6.45) is 1.00. The Balaban J connectivity index is 1.88. The molecule has 2 aromatic carbocycles. The number of benzene rings is 2. The van der Waals surface area contributed by atoms with E-state index < -0.39 is 0 Å². The average Bonchev–Trinajstić information content (AvgIpc) is 2.54. The summed E-state index contributed by atoms with van der Waals surface area (Å²) < 4.78 is 6.33. The first-order valence-electron chi connectivity index (χ1n) is 7.45. The molecule has 0 radical (unpaired) electrons. The number of hydrogen-bond acceptors (Lipinski definition) is 2. The number of ether oxygens (including phenoxy) is 1. The van der Waals surface area contributed by atoms with Gasteiger partial charge in [0.2, 0.25) is 0 Å². The molecule has 0 saturated carbocycles. The Hall–Kier alpha value is -1.52.